The third-order valence-electron chi connectivity index (χ3n) is 3.55. The van der Waals surface area contributed by atoms with Crippen LogP contribution in [0.5, 0.6) is 0 Å². The molecule has 0 bridgehead atoms. The van der Waals surface area contributed by atoms with E-state index in [1.54, 1.807) is 23.0 Å². The fraction of sp³-hybridized carbons (Fsp3) is 0.438. The van der Waals surface area contributed by atoms with Gasteiger partial charge in [0.15, 0.2) is 5.69 Å². The van der Waals surface area contributed by atoms with Crippen molar-refractivity contribution in [2.75, 3.05) is 27.2 Å². The highest BCUT2D eigenvalue weighted by Gasteiger charge is 2.17. The molecule has 1 N–H and O–H groups in total. The molecule has 0 fully saturated rings. The predicted octanol–water partition coefficient (Wildman–Crippen LogP) is 1.71. The van der Waals surface area contributed by atoms with E-state index in [2.05, 4.69) is 15.6 Å². The molecule has 1 aromatic heterocycles. The van der Waals surface area contributed by atoms with Gasteiger partial charge < -0.3 is 10.2 Å². The van der Waals surface area contributed by atoms with Gasteiger partial charge in [-0.1, -0.05) is 24.3 Å². The molecule has 2 rings (SSSR count). The summed E-state index contributed by atoms with van der Waals surface area (Å²) in [6.07, 6.45) is 2.39. The summed E-state index contributed by atoms with van der Waals surface area (Å²) < 4.78 is 14.7. The molecule has 124 valence electrons. The number of amides is 1. The lowest BCUT2D eigenvalue weighted by atomic mass is 10.0. The van der Waals surface area contributed by atoms with Crippen molar-refractivity contribution in [3.05, 3.63) is 47.5 Å². The first-order valence-electron chi connectivity index (χ1n) is 7.61. The number of rotatable bonds is 7. The number of hydrogen-bond donors (Lipinski definition) is 1. The van der Waals surface area contributed by atoms with Crippen molar-refractivity contribution in [2.24, 2.45) is 0 Å². The minimum absolute atomic E-state index is 0.0774. The average molecular weight is 319 g/mol. The Morgan fingerprint density at radius 2 is 2.04 bits per heavy atom. The molecule has 0 saturated heterocycles. The second-order valence-electron chi connectivity index (χ2n) is 5.62. The van der Waals surface area contributed by atoms with Crippen LogP contribution in [0.15, 0.2) is 30.5 Å². The number of halogens is 1. The van der Waals surface area contributed by atoms with E-state index in [4.69, 9.17) is 0 Å². The quantitative estimate of drug-likeness (QED) is 0.844. The molecule has 0 saturated carbocycles. The van der Waals surface area contributed by atoms with E-state index >= 15 is 0 Å². The minimum Gasteiger partial charge on any atom is -0.349 e. The summed E-state index contributed by atoms with van der Waals surface area (Å²) in [6.45, 7) is 3.31. The maximum absolute atomic E-state index is 13.1. The van der Waals surface area contributed by atoms with Crippen LogP contribution in [0.4, 0.5) is 4.39 Å². The van der Waals surface area contributed by atoms with E-state index in [9.17, 15) is 9.18 Å². The number of benzene rings is 1. The molecule has 23 heavy (non-hydrogen) atoms. The second kappa shape index (κ2) is 7.82. The molecular formula is C16H22FN5O. The highest BCUT2D eigenvalue weighted by molar-refractivity contribution is 5.91. The largest absolute Gasteiger partial charge is 0.349 e. The Balaban J connectivity index is 2.07. The summed E-state index contributed by atoms with van der Waals surface area (Å²) >= 11 is 0. The van der Waals surface area contributed by atoms with E-state index in [0.29, 0.717) is 6.54 Å². The van der Waals surface area contributed by atoms with Crippen LogP contribution in [-0.4, -0.2) is 53.0 Å². The maximum Gasteiger partial charge on any atom is 0.273 e. The van der Waals surface area contributed by atoms with Crippen molar-refractivity contribution < 1.29 is 9.18 Å². The van der Waals surface area contributed by atoms with Gasteiger partial charge in [0.2, 0.25) is 0 Å². The summed E-state index contributed by atoms with van der Waals surface area (Å²) in [4.78, 5) is 14.0. The van der Waals surface area contributed by atoms with Gasteiger partial charge >= 0.3 is 0 Å². The van der Waals surface area contributed by atoms with Gasteiger partial charge in [0.1, 0.15) is 5.82 Å². The summed E-state index contributed by atoms with van der Waals surface area (Å²) in [6, 6.07) is 6.21. The Labute approximate surface area is 135 Å². The summed E-state index contributed by atoms with van der Waals surface area (Å²) in [5, 5.41) is 10.8. The molecule has 7 heteroatoms. The van der Waals surface area contributed by atoms with Gasteiger partial charge in [-0.3, -0.25) is 4.79 Å². The summed E-state index contributed by atoms with van der Waals surface area (Å²) in [5.41, 5.74) is 1.21. The number of carbonyl (C=O) groups excluding carboxylic acids is 1. The number of likely N-dealkylation sites (N-methyl/N-ethyl adjacent to an activating group) is 1. The zero-order chi connectivity index (χ0) is 16.8. The first kappa shape index (κ1) is 17.1. The smallest absolute Gasteiger partial charge is 0.273 e. The second-order valence-corrected chi connectivity index (χ2v) is 5.62. The van der Waals surface area contributed by atoms with Gasteiger partial charge in [0.25, 0.3) is 5.91 Å². The summed E-state index contributed by atoms with van der Waals surface area (Å²) in [5.74, 6) is -0.518. The van der Waals surface area contributed by atoms with E-state index in [-0.39, 0.29) is 23.5 Å². The Hall–Kier alpha value is -2.28. The molecule has 0 aliphatic rings. The van der Waals surface area contributed by atoms with E-state index in [1.807, 2.05) is 25.9 Å². The van der Waals surface area contributed by atoms with Gasteiger partial charge in [-0.2, -0.15) is 0 Å². The van der Waals surface area contributed by atoms with Gasteiger partial charge in [-0.05, 0) is 38.2 Å². The lowest BCUT2D eigenvalue weighted by molar-refractivity contribution is 0.0946. The van der Waals surface area contributed by atoms with Crippen LogP contribution in [0, 0.1) is 5.82 Å². The Morgan fingerprint density at radius 3 is 2.65 bits per heavy atom. The molecule has 2 aromatic rings. The third kappa shape index (κ3) is 4.59. The molecule has 0 spiro atoms. The Morgan fingerprint density at radius 1 is 1.35 bits per heavy atom. The van der Waals surface area contributed by atoms with Crippen LogP contribution in [0.1, 0.15) is 35.4 Å². The molecule has 1 aromatic carbocycles. The predicted molar refractivity (Wildman–Crippen MR) is 85.7 cm³/mol. The normalized spacial score (nSPS) is 12.4. The number of hydrogen-bond acceptors (Lipinski definition) is 4. The molecule has 0 aliphatic carbocycles. The van der Waals surface area contributed by atoms with E-state index in [0.717, 1.165) is 18.5 Å². The molecule has 0 unspecified atom stereocenters. The van der Waals surface area contributed by atoms with Crippen LogP contribution < -0.4 is 5.32 Å². The first-order chi connectivity index (χ1) is 11.0. The third-order valence-corrected chi connectivity index (χ3v) is 3.55. The van der Waals surface area contributed by atoms with Gasteiger partial charge in [-0.15, -0.1) is 5.10 Å². The number of nitrogens with one attached hydrogen (secondary N) is 1. The van der Waals surface area contributed by atoms with E-state index in [1.165, 1.54) is 12.1 Å². The number of aromatic nitrogens is 3. The Kier molecular flexibility index (Phi) is 5.81. The van der Waals surface area contributed by atoms with Crippen molar-refractivity contribution in [2.45, 2.75) is 19.4 Å². The van der Waals surface area contributed by atoms with Gasteiger partial charge in [-0.25, -0.2) is 9.07 Å². The van der Waals surface area contributed by atoms with Crippen molar-refractivity contribution in [3.63, 3.8) is 0 Å². The van der Waals surface area contributed by atoms with Crippen molar-refractivity contribution >= 4 is 5.91 Å². The molecule has 6 nitrogen and oxygen atoms in total. The van der Waals surface area contributed by atoms with Crippen LogP contribution in [-0.2, 0) is 0 Å². The van der Waals surface area contributed by atoms with Gasteiger partial charge in [0.05, 0.1) is 12.2 Å². The zero-order valence-corrected chi connectivity index (χ0v) is 13.7. The molecule has 1 amide bonds. The SMILES string of the molecule is CC[C@H](c1ccc(F)cc1)n1cc(C(=O)NCCN(C)C)nn1. The van der Waals surface area contributed by atoms with Gasteiger partial charge in [0, 0.05) is 13.1 Å². The highest BCUT2D eigenvalue weighted by Crippen LogP contribution is 2.21. The maximum atomic E-state index is 13.1. The fourth-order valence-electron chi connectivity index (χ4n) is 2.28. The van der Waals surface area contributed by atoms with Crippen LogP contribution in [0.2, 0.25) is 0 Å². The van der Waals surface area contributed by atoms with Crippen molar-refractivity contribution in [3.8, 4) is 0 Å². The van der Waals surface area contributed by atoms with E-state index < -0.39 is 0 Å². The number of carbonyl (C=O) groups is 1. The molecule has 0 aliphatic heterocycles. The molecule has 1 atom stereocenters. The standard InChI is InChI=1S/C16H22FN5O/c1-4-15(12-5-7-13(17)8-6-12)22-11-14(19-20-22)16(23)18-9-10-21(2)3/h5-8,11,15H,4,9-10H2,1-3H3,(H,18,23)/t15-/m1/s1. The molecule has 0 radical (unpaired) electrons. The highest BCUT2D eigenvalue weighted by atomic mass is 19.1. The monoisotopic (exact) mass is 319 g/mol. The van der Waals surface area contributed by atoms with Crippen LogP contribution in [0.3, 0.4) is 0 Å². The zero-order valence-electron chi connectivity index (χ0n) is 13.7. The minimum atomic E-state index is -0.275. The fourth-order valence-corrected chi connectivity index (χ4v) is 2.28. The average Bonchev–Trinajstić information content (AvgIpc) is 2.99. The van der Waals surface area contributed by atoms with Crippen molar-refractivity contribution in [1.82, 2.24) is 25.2 Å². The molecular weight excluding hydrogens is 297 g/mol. The first-order valence-corrected chi connectivity index (χ1v) is 7.61. The van der Waals surface area contributed by atoms with Crippen molar-refractivity contribution in [1.29, 1.82) is 0 Å². The van der Waals surface area contributed by atoms with Crippen LogP contribution >= 0.6 is 0 Å². The molecule has 1 heterocycles. The van der Waals surface area contributed by atoms with Crippen LogP contribution in [0.25, 0.3) is 0 Å². The topological polar surface area (TPSA) is 63.1 Å². The Bertz CT molecular complexity index is 638. The lowest BCUT2D eigenvalue weighted by Crippen LogP contribution is -2.31. The summed E-state index contributed by atoms with van der Waals surface area (Å²) in [7, 11) is 3.88. The lowest BCUT2D eigenvalue weighted by Gasteiger charge is -2.15. The number of nitrogens with zero attached hydrogens (tertiary/aromatic N) is 4.